The van der Waals surface area contributed by atoms with Gasteiger partial charge in [0, 0.05) is 0 Å². The lowest BCUT2D eigenvalue weighted by molar-refractivity contribution is 0.0913. The maximum Gasteiger partial charge on any atom is 0.255 e. The average Bonchev–Trinajstić information content (AvgIpc) is 3.24. The minimum Gasteiger partial charge on any atom is -0.495 e. The predicted molar refractivity (Wildman–Crippen MR) is 122 cm³/mol. The molecule has 3 aromatic carbocycles. The van der Waals surface area contributed by atoms with Crippen molar-refractivity contribution < 1.29 is 19.0 Å². The minimum atomic E-state index is -0.555. The molecule has 1 heterocycles. The van der Waals surface area contributed by atoms with E-state index in [-0.39, 0.29) is 18.3 Å². The molecule has 0 spiro atoms. The van der Waals surface area contributed by atoms with E-state index in [1.54, 1.807) is 36.4 Å². The minimum absolute atomic E-state index is 0.242. The van der Waals surface area contributed by atoms with Gasteiger partial charge in [-0.3, -0.25) is 9.89 Å². The first kappa shape index (κ1) is 21.3. The van der Waals surface area contributed by atoms with Crippen LogP contribution in [0.3, 0.4) is 0 Å². The van der Waals surface area contributed by atoms with Crippen molar-refractivity contribution in [3.63, 3.8) is 0 Å². The van der Waals surface area contributed by atoms with Crippen LogP contribution in [0.5, 0.6) is 5.75 Å². The Balaban J connectivity index is 1.68. The third-order valence-corrected chi connectivity index (χ3v) is 5.13. The number of hydrogen-bond acceptors (Lipinski definition) is 4. The molecule has 0 aliphatic heterocycles. The molecule has 4 aromatic rings. The summed E-state index contributed by atoms with van der Waals surface area (Å²) < 4.78 is 19.1. The van der Waals surface area contributed by atoms with Crippen molar-refractivity contribution in [2.45, 2.75) is 6.04 Å². The zero-order valence-electron chi connectivity index (χ0n) is 17.4. The molecule has 32 heavy (non-hydrogen) atoms. The number of halogens is 1. The number of H-pyrrole nitrogens is 1. The SMILES string of the molecule is COc1c(C(=O)N[C@H](CO)c2ccccc2)ccc2n[nH]c(C=Cc3cccc(F)c3)c12. The van der Waals surface area contributed by atoms with Gasteiger partial charge in [0.05, 0.1) is 41.9 Å². The summed E-state index contributed by atoms with van der Waals surface area (Å²) in [5.74, 6) is -0.347. The first-order valence-electron chi connectivity index (χ1n) is 10.1. The maximum absolute atomic E-state index is 13.5. The Morgan fingerprint density at radius 3 is 2.69 bits per heavy atom. The molecule has 3 N–H and O–H groups in total. The average molecular weight is 431 g/mol. The van der Waals surface area contributed by atoms with Crippen LogP contribution in [0.15, 0.2) is 66.7 Å². The quantitative estimate of drug-likeness (QED) is 0.406. The van der Waals surface area contributed by atoms with E-state index in [4.69, 9.17) is 4.74 Å². The number of hydrogen-bond donors (Lipinski definition) is 3. The van der Waals surface area contributed by atoms with E-state index in [0.29, 0.717) is 33.5 Å². The predicted octanol–water partition coefficient (Wildman–Crippen LogP) is 4.34. The number of nitrogens with zero attached hydrogens (tertiary/aromatic N) is 1. The molecular formula is C25H22FN3O3. The number of aromatic nitrogens is 2. The Hall–Kier alpha value is -3.97. The number of aliphatic hydroxyl groups is 1. The fraction of sp³-hybridized carbons (Fsp3) is 0.120. The van der Waals surface area contributed by atoms with Crippen molar-refractivity contribution in [1.29, 1.82) is 0 Å². The molecule has 0 aliphatic carbocycles. The number of methoxy groups -OCH3 is 1. The second-order valence-electron chi connectivity index (χ2n) is 7.19. The van der Waals surface area contributed by atoms with E-state index >= 15 is 0 Å². The molecule has 0 bridgehead atoms. The molecule has 0 fully saturated rings. The first-order valence-corrected chi connectivity index (χ1v) is 10.1. The van der Waals surface area contributed by atoms with Gasteiger partial charge in [0.1, 0.15) is 11.6 Å². The summed E-state index contributed by atoms with van der Waals surface area (Å²) in [5.41, 5.74) is 3.05. The van der Waals surface area contributed by atoms with Gasteiger partial charge in [0.15, 0.2) is 0 Å². The van der Waals surface area contributed by atoms with Gasteiger partial charge in [-0.1, -0.05) is 48.5 Å². The van der Waals surface area contributed by atoms with E-state index in [9.17, 15) is 14.3 Å². The molecular weight excluding hydrogens is 409 g/mol. The van der Waals surface area contributed by atoms with E-state index in [0.717, 1.165) is 5.56 Å². The Bertz CT molecular complexity index is 1270. The second-order valence-corrected chi connectivity index (χ2v) is 7.19. The van der Waals surface area contributed by atoms with Crippen molar-refractivity contribution in [2.75, 3.05) is 13.7 Å². The fourth-order valence-electron chi connectivity index (χ4n) is 3.56. The maximum atomic E-state index is 13.5. The summed E-state index contributed by atoms with van der Waals surface area (Å²) in [5, 5.41) is 20.5. The molecule has 1 amide bonds. The third-order valence-electron chi connectivity index (χ3n) is 5.13. The van der Waals surface area contributed by atoms with Crippen LogP contribution < -0.4 is 10.1 Å². The molecule has 0 saturated carbocycles. The second kappa shape index (κ2) is 9.45. The van der Waals surface area contributed by atoms with Crippen LogP contribution in [0.25, 0.3) is 23.1 Å². The number of benzene rings is 3. The first-order chi connectivity index (χ1) is 15.6. The van der Waals surface area contributed by atoms with Gasteiger partial charge in [-0.25, -0.2) is 4.39 Å². The summed E-state index contributed by atoms with van der Waals surface area (Å²) in [4.78, 5) is 13.1. The molecule has 1 aromatic heterocycles. The number of amides is 1. The number of ether oxygens (including phenoxy) is 1. The van der Waals surface area contributed by atoms with E-state index in [2.05, 4.69) is 15.5 Å². The zero-order chi connectivity index (χ0) is 22.5. The van der Waals surface area contributed by atoms with Gasteiger partial charge in [-0.15, -0.1) is 0 Å². The fourth-order valence-corrected chi connectivity index (χ4v) is 3.56. The molecule has 4 rings (SSSR count). The molecule has 6 nitrogen and oxygen atoms in total. The van der Waals surface area contributed by atoms with Crippen LogP contribution in [0.2, 0.25) is 0 Å². The summed E-state index contributed by atoms with van der Waals surface area (Å²) >= 11 is 0. The number of fused-ring (bicyclic) bond motifs is 1. The van der Waals surface area contributed by atoms with E-state index in [1.165, 1.54) is 19.2 Å². The lowest BCUT2D eigenvalue weighted by Crippen LogP contribution is -2.31. The number of carbonyl (C=O) groups excluding carboxylic acids is 1. The number of rotatable bonds is 7. The summed E-state index contributed by atoms with van der Waals surface area (Å²) in [6.45, 7) is -0.242. The summed E-state index contributed by atoms with van der Waals surface area (Å²) in [6.07, 6.45) is 3.51. The van der Waals surface area contributed by atoms with Crippen molar-refractivity contribution in [3.05, 3.63) is 94.9 Å². The topological polar surface area (TPSA) is 87.2 Å². The summed E-state index contributed by atoms with van der Waals surface area (Å²) in [7, 11) is 1.49. The standard InChI is InChI=1S/C25H22FN3O3/c1-32-24-19(25(31)27-22(15-30)17-7-3-2-4-8-17)11-13-21-23(24)20(28-29-21)12-10-16-6-5-9-18(26)14-16/h2-14,22,30H,15H2,1H3,(H,27,31)(H,28,29)/t22-/m1/s1. The molecule has 7 heteroatoms. The number of aromatic amines is 1. The van der Waals surface area contributed by atoms with Crippen molar-refractivity contribution in [2.24, 2.45) is 0 Å². The normalized spacial score (nSPS) is 12.2. The number of carbonyl (C=O) groups is 1. The van der Waals surface area contributed by atoms with E-state index in [1.807, 2.05) is 30.3 Å². The molecule has 0 radical (unpaired) electrons. The Morgan fingerprint density at radius 2 is 1.97 bits per heavy atom. The Labute approximate surface area is 184 Å². The highest BCUT2D eigenvalue weighted by molar-refractivity contribution is 6.05. The van der Waals surface area contributed by atoms with Crippen molar-refractivity contribution in [1.82, 2.24) is 15.5 Å². The largest absolute Gasteiger partial charge is 0.495 e. The van der Waals surface area contributed by atoms with Crippen LogP contribution in [0, 0.1) is 5.82 Å². The van der Waals surface area contributed by atoms with Crippen molar-refractivity contribution in [3.8, 4) is 5.75 Å². The van der Waals surface area contributed by atoms with Gasteiger partial charge >= 0.3 is 0 Å². The third kappa shape index (κ3) is 4.38. The number of nitrogens with one attached hydrogen (secondary N) is 2. The molecule has 1 atom stereocenters. The molecule has 0 saturated heterocycles. The number of aliphatic hydroxyl groups excluding tert-OH is 1. The van der Waals surface area contributed by atoms with E-state index < -0.39 is 6.04 Å². The lowest BCUT2D eigenvalue weighted by Gasteiger charge is -2.18. The van der Waals surface area contributed by atoms with Crippen LogP contribution in [0.4, 0.5) is 4.39 Å². The highest BCUT2D eigenvalue weighted by Crippen LogP contribution is 2.32. The summed E-state index contributed by atoms with van der Waals surface area (Å²) in [6, 6.07) is 18.3. The van der Waals surface area contributed by atoms with Crippen LogP contribution >= 0.6 is 0 Å². The lowest BCUT2D eigenvalue weighted by atomic mass is 10.0. The van der Waals surface area contributed by atoms with Gasteiger partial charge in [-0.05, 0) is 41.5 Å². The zero-order valence-corrected chi connectivity index (χ0v) is 17.4. The molecule has 0 unspecified atom stereocenters. The van der Waals surface area contributed by atoms with Crippen LogP contribution in [-0.2, 0) is 0 Å². The van der Waals surface area contributed by atoms with Crippen LogP contribution in [0.1, 0.15) is 33.2 Å². The monoisotopic (exact) mass is 431 g/mol. The van der Waals surface area contributed by atoms with Gasteiger partial charge in [0.2, 0.25) is 0 Å². The highest BCUT2D eigenvalue weighted by Gasteiger charge is 2.21. The van der Waals surface area contributed by atoms with Gasteiger partial charge in [-0.2, -0.15) is 5.10 Å². The Morgan fingerprint density at radius 1 is 1.16 bits per heavy atom. The van der Waals surface area contributed by atoms with Gasteiger partial charge in [0.25, 0.3) is 5.91 Å². The Kier molecular flexibility index (Phi) is 6.28. The van der Waals surface area contributed by atoms with Crippen LogP contribution in [-0.4, -0.2) is 34.9 Å². The molecule has 0 aliphatic rings. The highest BCUT2D eigenvalue weighted by atomic mass is 19.1. The van der Waals surface area contributed by atoms with Crippen molar-refractivity contribution >= 4 is 29.0 Å². The van der Waals surface area contributed by atoms with Gasteiger partial charge < -0.3 is 15.2 Å². The molecule has 162 valence electrons. The smallest absolute Gasteiger partial charge is 0.255 e.